The molecule has 116 valence electrons. The van der Waals surface area contributed by atoms with Crippen LogP contribution in [0.25, 0.3) is 0 Å². The molecule has 0 fully saturated rings. The predicted molar refractivity (Wildman–Crippen MR) is 79.8 cm³/mol. The van der Waals surface area contributed by atoms with Crippen molar-refractivity contribution < 1.29 is 18.3 Å². The van der Waals surface area contributed by atoms with Crippen molar-refractivity contribution in [3.05, 3.63) is 22.7 Å². The van der Waals surface area contributed by atoms with E-state index in [9.17, 15) is 13.2 Å². The third-order valence-corrected chi connectivity index (χ3v) is 5.20. The second-order valence-corrected chi connectivity index (χ2v) is 7.28. The van der Waals surface area contributed by atoms with Gasteiger partial charge in [-0.1, -0.05) is 18.5 Å². The first-order valence-electron chi connectivity index (χ1n) is 6.56. The summed E-state index contributed by atoms with van der Waals surface area (Å²) in [5, 5.41) is 11.5. The molecule has 3 N–H and O–H groups in total. The van der Waals surface area contributed by atoms with Crippen molar-refractivity contribution in [1.29, 1.82) is 0 Å². The molecule has 0 bridgehead atoms. The summed E-state index contributed by atoms with van der Waals surface area (Å²) in [6, 6.07) is 2.88. The van der Waals surface area contributed by atoms with Crippen LogP contribution in [0.4, 0.5) is 5.69 Å². The van der Waals surface area contributed by atoms with Crippen molar-refractivity contribution in [1.82, 2.24) is 4.72 Å². The van der Waals surface area contributed by atoms with Crippen molar-refractivity contribution >= 4 is 33.2 Å². The van der Waals surface area contributed by atoms with Gasteiger partial charge < -0.3 is 10.4 Å². The lowest BCUT2D eigenvalue weighted by molar-refractivity contribution is -0.115. The van der Waals surface area contributed by atoms with Gasteiger partial charge in [-0.3, -0.25) is 4.79 Å². The maximum atomic E-state index is 12.3. The fourth-order valence-electron chi connectivity index (χ4n) is 2.08. The zero-order chi connectivity index (χ0) is 15.6. The van der Waals surface area contributed by atoms with Crippen LogP contribution < -0.4 is 10.0 Å². The zero-order valence-electron chi connectivity index (χ0n) is 11.5. The molecular formula is C13H17ClN2O4S. The van der Waals surface area contributed by atoms with Crippen LogP contribution in [0, 0.1) is 5.92 Å². The van der Waals surface area contributed by atoms with Crippen molar-refractivity contribution in [3.63, 3.8) is 0 Å². The molecule has 1 aliphatic rings. The van der Waals surface area contributed by atoms with Crippen molar-refractivity contribution in [3.8, 4) is 0 Å². The molecular weight excluding hydrogens is 316 g/mol. The van der Waals surface area contributed by atoms with E-state index in [1.165, 1.54) is 12.1 Å². The van der Waals surface area contributed by atoms with Gasteiger partial charge in [0.2, 0.25) is 15.9 Å². The second kappa shape index (κ2) is 6.31. The average Bonchev–Trinajstić information content (AvgIpc) is 2.75. The summed E-state index contributed by atoms with van der Waals surface area (Å²) < 4.78 is 27.0. The van der Waals surface area contributed by atoms with Gasteiger partial charge in [0.05, 0.1) is 11.4 Å². The number of halogens is 1. The van der Waals surface area contributed by atoms with E-state index in [4.69, 9.17) is 16.7 Å². The second-order valence-electron chi connectivity index (χ2n) is 5.13. The van der Waals surface area contributed by atoms with Crippen LogP contribution in [0.3, 0.4) is 0 Å². The molecule has 1 heterocycles. The predicted octanol–water partition coefficient (Wildman–Crippen LogP) is 1.13. The lowest BCUT2D eigenvalue weighted by atomic mass is 10.1. The van der Waals surface area contributed by atoms with E-state index >= 15 is 0 Å². The molecule has 0 saturated carbocycles. The molecule has 1 unspecified atom stereocenters. The van der Waals surface area contributed by atoms with Gasteiger partial charge in [-0.25, -0.2) is 13.1 Å². The number of hydrogen-bond donors (Lipinski definition) is 3. The highest BCUT2D eigenvalue weighted by molar-refractivity contribution is 7.89. The molecule has 0 spiro atoms. The highest BCUT2D eigenvalue weighted by Gasteiger charge is 2.25. The lowest BCUT2D eigenvalue weighted by Crippen LogP contribution is -2.29. The Balaban J connectivity index is 2.21. The summed E-state index contributed by atoms with van der Waals surface area (Å²) >= 11 is 6.01. The zero-order valence-corrected chi connectivity index (χ0v) is 13.1. The van der Waals surface area contributed by atoms with Gasteiger partial charge in [0.1, 0.15) is 4.90 Å². The molecule has 1 aliphatic heterocycles. The summed E-state index contributed by atoms with van der Waals surface area (Å²) in [6.07, 6.45) is 0.662. The fraction of sp³-hybridized carbons (Fsp3) is 0.462. The molecule has 8 heteroatoms. The minimum Gasteiger partial charge on any atom is -0.396 e. The molecule has 0 aliphatic carbocycles. The first-order chi connectivity index (χ1) is 9.83. The Hall–Kier alpha value is -1.15. The number of fused-ring (bicyclic) bond motifs is 1. The highest BCUT2D eigenvalue weighted by atomic mass is 35.5. The number of anilines is 1. The normalized spacial score (nSPS) is 15.7. The number of carbonyl (C=O) groups excluding carboxylic acids is 1. The molecule has 1 aromatic carbocycles. The Morgan fingerprint density at radius 1 is 1.48 bits per heavy atom. The Kier molecular flexibility index (Phi) is 4.88. The number of hydrogen-bond acceptors (Lipinski definition) is 4. The lowest BCUT2D eigenvalue weighted by Gasteiger charge is -2.13. The number of sulfonamides is 1. The number of nitrogens with one attached hydrogen (secondary N) is 2. The maximum absolute atomic E-state index is 12.3. The summed E-state index contributed by atoms with van der Waals surface area (Å²) in [7, 11) is -3.75. The number of carbonyl (C=O) groups is 1. The van der Waals surface area contributed by atoms with Gasteiger partial charge in [0.25, 0.3) is 0 Å². The Bertz CT molecular complexity index is 660. The summed E-state index contributed by atoms with van der Waals surface area (Å²) in [6.45, 7) is 2.06. The van der Waals surface area contributed by atoms with Crippen LogP contribution in [0.5, 0.6) is 0 Å². The smallest absolute Gasteiger partial charge is 0.242 e. The summed E-state index contributed by atoms with van der Waals surface area (Å²) in [4.78, 5) is 11.3. The van der Waals surface area contributed by atoms with Gasteiger partial charge in [0, 0.05) is 18.8 Å². The largest absolute Gasteiger partial charge is 0.396 e. The third kappa shape index (κ3) is 3.74. The van der Waals surface area contributed by atoms with Gasteiger partial charge in [-0.2, -0.15) is 0 Å². The van der Waals surface area contributed by atoms with Gasteiger partial charge >= 0.3 is 0 Å². The fourth-order valence-corrected chi connectivity index (χ4v) is 3.82. The van der Waals surface area contributed by atoms with Gasteiger partial charge in [-0.05, 0) is 30.0 Å². The van der Waals surface area contributed by atoms with E-state index in [1.807, 2.05) is 6.92 Å². The summed E-state index contributed by atoms with van der Waals surface area (Å²) in [5.74, 6) is -0.165. The average molecular weight is 333 g/mol. The van der Waals surface area contributed by atoms with E-state index in [1.54, 1.807) is 0 Å². The molecule has 1 atom stereocenters. The SMILES string of the molecule is CC(CCO)CNS(=O)(=O)c1cc2c(cc1Cl)NC(=O)C2. The van der Waals surface area contributed by atoms with E-state index in [-0.39, 0.29) is 41.3 Å². The van der Waals surface area contributed by atoms with Crippen LogP contribution >= 0.6 is 11.6 Å². The molecule has 2 rings (SSSR count). The molecule has 0 radical (unpaired) electrons. The number of amides is 1. The van der Waals surface area contributed by atoms with Crippen LogP contribution in [0.2, 0.25) is 5.02 Å². The van der Waals surface area contributed by atoms with Crippen LogP contribution in [-0.4, -0.2) is 32.6 Å². The van der Waals surface area contributed by atoms with Crippen molar-refractivity contribution in [2.24, 2.45) is 5.92 Å². The van der Waals surface area contributed by atoms with Crippen molar-refractivity contribution in [2.45, 2.75) is 24.7 Å². The monoisotopic (exact) mass is 332 g/mol. The van der Waals surface area contributed by atoms with Crippen LogP contribution in [-0.2, 0) is 21.2 Å². The molecule has 1 aromatic rings. The van der Waals surface area contributed by atoms with E-state index in [2.05, 4.69) is 10.0 Å². The van der Waals surface area contributed by atoms with Gasteiger partial charge in [0.15, 0.2) is 0 Å². The number of aliphatic hydroxyl groups is 1. The molecule has 6 nitrogen and oxygen atoms in total. The Labute approximate surface area is 128 Å². The standard InChI is InChI=1S/C13H17ClN2O4S/c1-8(2-3-17)7-15-21(19,20)12-4-9-5-13(18)16-11(9)6-10(12)14/h4,6,8,15,17H,2-3,5,7H2,1H3,(H,16,18). The first-order valence-corrected chi connectivity index (χ1v) is 8.42. The minimum absolute atomic E-state index is 0.0102. The van der Waals surface area contributed by atoms with Gasteiger partial charge in [-0.15, -0.1) is 0 Å². The molecule has 1 amide bonds. The molecule has 0 saturated heterocycles. The Morgan fingerprint density at radius 2 is 2.19 bits per heavy atom. The van der Waals surface area contributed by atoms with Crippen molar-refractivity contribution in [2.75, 3.05) is 18.5 Å². The van der Waals surface area contributed by atoms with E-state index < -0.39 is 10.0 Å². The van der Waals surface area contributed by atoms with E-state index in [0.717, 1.165) is 0 Å². The third-order valence-electron chi connectivity index (χ3n) is 3.32. The minimum atomic E-state index is -3.75. The van der Waals surface area contributed by atoms with Crippen LogP contribution in [0.1, 0.15) is 18.9 Å². The highest BCUT2D eigenvalue weighted by Crippen LogP contribution is 2.32. The maximum Gasteiger partial charge on any atom is 0.242 e. The first kappa shape index (κ1) is 16.2. The molecule has 21 heavy (non-hydrogen) atoms. The number of benzene rings is 1. The van der Waals surface area contributed by atoms with Crippen LogP contribution in [0.15, 0.2) is 17.0 Å². The molecule has 0 aromatic heterocycles. The Morgan fingerprint density at radius 3 is 2.86 bits per heavy atom. The number of aliphatic hydroxyl groups excluding tert-OH is 1. The summed E-state index contributed by atoms with van der Waals surface area (Å²) in [5.41, 5.74) is 1.17. The number of rotatable bonds is 6. The van der Waals surface area contributed by atoms with E-state index in [0.29, 0.717) is 17.7 Å². The quantitative estimate of drug-likeness (QED) is 0.727. The topological polar surface area (TPSA) is 95.5 Å².